The number of anilines is 2. The topological polar surface area (TPSA) is 80.9 Å². The van der Waals surface area contributed by atoms with E-state index in [0.29, 0.717) is 11.5 Å². The first kappa shape index (κ1) is 15.9. The van der Waals surface area contributed by atoms with Gasteiger partial charge in [-0.05, 0) is 34.1 Å². The highest BCUT2D eigenvalue weighted by atomic mass is 79.9. The minimum Gasteiger partial charge on any atom is -0.396 e. The van der Waals surface area contributed by atoms with Crippen molar-refractivity contribution in [3.63, 3.8) is 0 Å². The van der Waals surface area contributed by atoms with Crippen molar-refractivity contribution in [3.8, 4) is 0 Å². The summed E-state index contributed by atoms with van der Waals surface area (Å²) in [5, 5.41) is 2.79. The monoisotopic (exact) mass is 412 g/mol. The summed E-state index contributed by atoms with van der Waals surface area (Å²) in [7, 11) is 0. The van der Waals surface area contributed by atoms with Gasteiger partial charge in [-0.1, -0.05) is 29.8 Å². The summed E-state index contributed by atoms with van der Waals surface area (Å²) in [4.78, 5) is 20.7. The lowest BCUT2D eigenvalue weighted by atomic mass is 10.2. The van der Waals surface area contributed by atoms with Crippen molar-refractivity contribution in [2.24, 2.45) is 0 Å². The molecule has 2 aromatic rings. The number of aromatic nitrogens is 2. The fourth-order valence-corrected chi connectivity index (χ4v) is 2.35. The molecule has 0 aliphatic carbocycles. The Morgan fingerprint density at radius 3 is 2.71 bits per heavy atom. The minimum atomic E-state index is -0.365. The molecule has 3 N–H and O–H groups in total. The summed E-state index contributed by atoms with van der Waals surface area (Å²) in [5.41, 5.74) is 6.88. The number of nitrogens with two attached hydrogens (primary N) is 1. The van der Waals surface area contributed by atoms with E-state index in [4.69, 9.17) is 5.73 Å². The molecule has 1 aromatic heterocycles. The first-order chi connectivity index (χ1) is 9.88. The standard InChI is InChI=1S/C14H14Br2N4O/c1-7(2)13-18-6-10(17)12(20-13)14(21)19-11-5-8(15)3-4-9(11)16/h3-7H,17H2,1-2H3,(H,19,21). The molecule has 5 nitrogen and oxygen atoms in total. The van der Waals surface area contributed by atoms with Crippen LogP contribution in [0.5, 0.6) is 0 Å². The number of nitrogen functional groups attached to an aromatic ring is 1. The summed E-state index contributed by atoms with van der Waals surface area (Å²) in [6.07, 6.45) is 1.47. The van der Waals surface area contributed by atoms with Crippen molar-refractivity contribution < 1.29 is 4.79 Å². The number of halogens is 2. The van der Waals surface area contributed by atoms with Crippen molar-refractivity contribution in [1.29, 1.82) is 0 Å². The van der Waals surface area contributed by atoms with Crippen LogP contribution in [0.3, 0.4) is 0 Å². The molecular weight excluding hydrogens is 400 g/mol. The third-order valence-corrected chi connectivity index (χ3v) is 3.93. The van der Waals surface area contributed by atoms with Gasteiger partial charge in [0.25, 0.3) is 5.91 Å². The molecule has 0 radical (unpaired) electrons. The van der Waals surface area contributed by atoms with Crippen LogP contribution in [0.4, 0.5) is 11.4 Å². The second-order valence-electron chi connectivity index (χ2n) is 4.77. The molecule has 110 valence electrons. The van der Waals surface area contributed by atoms with Crippen molar-refractivity contribution in [2.45, 2.75) is 19.8 Å². The average Bonchev–Trinajstić information content (AvgIpc) is 2.43. The zero-order chi connectivity index (χ0) is 15.6. The maximum atomic E-state index is 12.4. The normalized spacial score (nSPS) is 10.7. The van der Waals surface area contributed by atoms with Crippen LogP contribution < -0.4 is 11.1 Å². The van der Waals surface area contributed by atoms with Crippen LogP contribution in [0.15, 0.2) is 33.3 Å². The van der Waals surface area contributed by atoms with Gasteiger partial charge in [-0.2, -0.15) is 0 Å². The van der Waals surface area contributed by atoms with Crippen LogP contribution in [0.2, 0.25) is 0 Å². The van der Waals surface area contributed by atoms with Gasteiger partial charge in [0.1, 0.15) is 5.82 Å². The Labute approximate surface area is 139 Å². The van der Waals surface area contributed by atoms with Gasteiger partial charge < -0.3 is 11.1 Å². The molecule has 0 aliphatic rings. The number of amides is 1. The average molecular weight is 414 g/mol. The SMILES string of the molecule is CC(C)c1ncc(N)c(C(=O)Nc2cc(Br)ccc2Br)n1. The smallest absolute Gasteiger partial charge is 0.276 e. The van der Waals surface area contributed by atoms with E-state index in [1.54, 1.807) is 6.07 Å². The largest absolute Gasteiger partial charge is 0.396 e. The molecule has 7 heteroatoms. The Hall–Kier alpha value is -1.47. The molecule has 0 unspecified atom stereocenters. The highest BCUT2D eigenvalue weighted by molar-refractivity contribution is 9.11. The third kappa shape index (κ3) is 3.79. The van der Waals surface area contributed by atoms with Crippen molar-refractivity contribution in [2.75, 3.05) is 11.1 Å². The van der Waals surface area contributed by atoms with Crippen molar-refractivity contribution in [1.82, 2.24) is 9.97 Å². The molecule has 0 fully saturated rings. The van der Waals surface area contributed by atoms with E-state index in [-0.39, 0.29) is 23.2 Å². The molecule has 0 spiro atoms. The molecule has 0 atom stereocenters. The van der Waals surface area contributed by atoms with E-state index in [9.17, 15) is 4.79 Å². The Kier molecular flexibility index (Phi) is 4.95. The Balaban J connectivity index is 2.32. The molecule has 1 aromatic carbocycles. The summed E-state index contributed by atoms with van der Waals surface area (Å²) >= 11 is 6.75. The number of hydrogen-bond acceptors (Lipinski definition) is 4. The summed E-state index contributed by atoms with van der Waals surface area (Å²) in [6.45, 7) is 3.91. The molecule has 0 aliphatic heterocycles. The quantitative estimate of drug-likeness (QED) is 0.797. The predicted octanol–water partition coefficient (Wildman–Crippen LogP) is 3.96. The van der Waals surface area contributed by atoms with Crippen LogP contribution in [-0.2, 0) is 0 Å². The lowest BCUT2D eigenvalue weighted by Crippen LogP contribution is -2.18. The van der Waals surface area contributed by atoms with Gasteiger partial charge >= 0.3 is 0 Å². The van der Waals surface area contributed by atoms with Gasteiger partial charge in [0.05, 0.1) is 17.6 Å². The van der Waals surface area contributed by atoms with Crippen LogP contribution >= 0.6 is 31.9 Å². The highest BCUT2D eigenvalue weighted by Crippen LogP contribution is 2.27. The van der Waals surface area contributed by atoms with Crippen LogP contribution in [0, 0.1) is 0 Å². The molecular formula is C14H14Br2N4O. The molecule has 1 heterocycles. The number of carbonyl (C=O) groups excluding carboxylic acids is 1. The van der Waals surface area contributed by atoms with E-state index >= 15 is 0 Å². The number of nitrogens with zero attached hydrogens (tertiary/aromatic N) is 2. The van der Waals surface area contributed by atoms with Gasteiger partial charge in [0.2, 0.25) is 0 Å². The number of benzene rings is 1. The van der Waals surface area contributed by atoms with Crippen LogP contribution in [0.1, 0.15) is 36.1 Å². The van der Waals surface area contributed by atoms with E-state index < -0.39 is 0 Å². The Bertz CT molecular complexity index is 689. The van der Waals surface area contributed by atoms with E-state index in [1.165, 1.54) is 6.20 Å². The van der Waals surface area contributed by atoms with E-state index in [1.807, 2.05) is 26.0 Å². The zero-order valence-corrected chi connectivity index (χ0v) is 14.7. The number of hydrogen-bond donors (Lipinski definition) is 2. The van der Waals surface area contributed by atoms with Crippen molar-refractivity contribution in [3.05, 3.63) is 44.9 Å². The zero-order valence-electron chi connectivity index (χ0n) is 11.5. The number of carbonyl (C=O) groups is 1. The van der Waals surface area contributed by atoms with Gasteiger partial charge in [0, 0.05) is 14.9 Å². The number of nitrogens with one attached hydrogen (secondary N) is 1. The number of rotatable bonds is 3. The first-order valence-electron chi connectivity index (χ1n) is 6.27. The van der Waals surface area contributed by atoms with Gasteiger partial charge in [0.15, 0.2) is 5.69 Å². The third-order valence-electron chi connectivity index (χ3n) is 2.74. The lowest BCUT2D eigenvalue weighted by Gasteiger charge is -2.11. The molecule has 21 heavy (non-hydrogen) atoms. The minimum absolute atomic E-state index is 0.120. The molecule has 0 saturated carbocycles. The summed E-state index contributed by atoms with van der Waals surface area (Å²) < 4.78 is 1.63. The molecule has 1 amide bonds. The van der Waals surface area contributed by atoms with Gasteiger partial charge in [-0.25, -0.2) is 9.97 Å². The predicted molar refractivity (Wildman–Crippen MR) is 90.3 cm³/mol. The van der Waals surface area contributed by atoms with E-state index in [0.717, 1.165) is 8.95 Å². The van der Waals surface area contributed by atoms with Crippen LogP contribution in [-0.4, -0.2) is 15.9 Å². The highest BCUT2D eigenvalue weighted by Gasteiger charge is 2.16. The first-order valence-corrected chi connectivity index (χ1v) is 7.86. The molecule has 2 rings (SSSR count). The Morgan fingerprint density at radius 1 is 1.33 bits per heavy atom. The van der Waals surface area contributed by atoms with Crippen molar-refractivity contribution >= 4 is 49.1 Å². The maximum Gasteiger partial charge on any atom is 0.276 e. The maximum absolute atomic E-state index is 12.4. The Morgan fingerprint density at radius 2 is 2.05 bits per heavy atom. The summed E-state index contributed by atoms with van der Waals surface area (Å²) in [6, 6.07) is 5.50. The van der Waals surface area contributed by atoms with Gasteiger partial charge in [-0.3, -0.25) is 4.79 Å². The lowest BCUT2D eigenvalue weighted by molar-refractivity contribution is 0.102. The molecule has 0 saturated heterocycles. The van der Waals surface area contributed by atoms with Crippen LogP contribution in [0.25, 0.3) is 0 Å². The second-order valence-corrected chi connectivity index (χ2v) is 6.54. The van der Waals surface area contributed by atoms with Gasteiger partial charge in [-0.15, -0.1) is 0 Å². The molecule has 0 bridgehead atoms. The summed E-state index contributed by atoms with van der Waals surface area (Å²) in [5.74, 6) is 0.341. The fraction of sp³-hybridized carbons (Fsp3) is 0.214. The fourth-order valence-electron chi connectivity index (χ4n) is 1.64. The second kappa shape index (κ2) is 6.53. The van der Waals surface area contributed by atoms with E-state index in [2.05, 4.69) is 47.1 Å².